The number of hydrogen-bond acceptors (Lipinski definition) is 2. The van der Waals surface area contributed by atoms with Crippen LogP contribution >= 0.6 is 0 Å². The van der Waals surface area contributed by atoms with Crippen LogP contribution in [0.3, 0.4) is 0 Å². The molecule has 1 aromatic carbocycles. The van der Waals surface area contributed by atoms with Gasteiger partial charge in [0.25, 0.3) is 0 Å². The van der Waals surface area contributed by atoms with Gasteiger partial charge in [0.05, 0.1) is 0 Å². The molecule has 3 N–H and O–H groups in total. The monoisotopic (exact) mass is 178 g/mol. The minimum absolute atomic E-state index is 0.748. The lowest BCUT2D eigenvalue weighted by molar-refractivity contribution is 0.874. The Morgan fingerprint density at radius 1 is 1.15 bits per heavy atom. The highest BCUT2D eigenvalue weighted by atomic mass is 14.9. The topological polar surface area (TPSA) is 38.0 Å². The van der Waals surface area contributed by atoms with Crippen molar-refractivity contribution in [3.63, 3.8) is 0 Å². The van der Waals surface area contributed by atoms with E-state index in [0.717, 1.165) is 19.5 Å². The summed E-state index contributed by atoms with van der Waals surface area (Å²) in [5.74, 6) is 0. The summed E-state index contributed by atoms with van der Waals surface area (Å²) in [6.45, 7) is 5.93. The Morgan fingerprint density at radius 3 is 2.31 bits per heavy atom. The number of benzene rings is 1. The number of nitrogens with two attached hydrogens (primary N) is 1. The Balaban J connectivity index is 2.56. The zero-order chi connectivity index (χ0) is 9.68. The van der Waals surface area contributed by atoms with Gasteiger partial charge in [-0.15, -0.1) is 0 Å². The van der Waals surface area contributed by atoms with Crippen molar-refractivity contribution in [2.45, 2.75) is 20.3 Å². The molecule has 0 saturated heterocycles. The highest BCUT2D eigenvalue weighted by Crippen LogP contribution is 2.13. The van der Waals surface area contributed by atoms with Gasteiger partial charge < -0.3 is 11.1 Å². The molecule has 2 nitrogen and oxygen atoms in total. The van der Waals surface area contributed by atoms with Crippen LogP contribution in [0.5, 0.6) is 0 Å². The van der Waals surface area contributed by atoms with Crippen LogP contribution in [0.15, 0.2) is 18.2 Å². The summed E-state index contributed by atoms with van der Waals surface area (Å²) in [5.41, 5.74) is 9.21. The first kappa shape index (κ1) is 10.1. The fourth-order valence-electron chi connectivity index (χ4n) is 1.41. The minimum Gasteiger partial charge on any atom is -0.385 e. The molecule has 0 saturated carbocycles. The minimum atomic E-state index is 0.748. The average molecular weight is 178 g/mol. The molecule has 13 heavy (non-hydrogen) atoms. The van der Waals surface area contributed by atoms with Gasteiger partial charge in [-0.05, 0) is 50.1 Å². The van der Waals surface area contributed by atoms with Gasteiger partial charge in [-0.2, -0.15) is 0 Å². The van der Waals surface area contributed by atoms with Gasteiger partial charge in [-0.3, -0.25) is 0 Å². The number of aryl methyl sites for hydroxylation is 2. The second kappa shape index (κ2) is 4.87. The summed E-state index contributed by atoms with van der Waals surface area (Å²) in [6.07, 6.45) is 1.02. The molecule has 0 aliphatic heterocycles. The molecule has 0 spiro atoms. The van der Waals surface area contributed by atoms with E-state index < -0.39 is 0 Å². The maximum absolute atomic E-state index is 5.41. The molecule has 0 unspecified atom stereocenters. The Kier molecular flexibility index (Phi) is 3.77. The molecule has 0 heterocycles. The molecule has 0 aromatic heterocycles. The molecule has 0 atom stereocenters. The lowest BCUT2D eigenvalue weighted by atomic mass is 10.1. The zero-order valence-electron chi connectivity index (χ0n) is 8.43. The van der Waals surface area contributed by atoms with Crippen LogP contribution in [0.4, 0.5) is 5.69 Å². The first-order chi connectivity index (χ1) is 6.22. The second-order valence-corrected chi connectivity index (χ2v) is 3.45. The van der Waals surface area contributed by atoms with Crippen molar-refractivity contribution in [1.29, 1.82) is 0 Å². The molecule has 0 radical (unpaired) electrons. The Labute approximate surface area is 80.1 Å². The van der Waals surface area contributed by atoms with E-state index in [0.29, 0.717) is 0 Å². The molecule has 0 aliphatic rings. The first-order valence-corrected chi connectivity index (χ1v) is 4.74. The molecular formula is C11H18N2. The summed E-state index contributed by atoms with van der Waals surface area (Å²) >= 11 is 0. The Bertz CT molecular complexity index is 249. The molecule has 72 valence electrons. The normalized spacial score (nSPS) is 10.1. The van der Waals surface area contributed by atoms with Crippen LogP contribution < -0.4 is 11.1 Å². The average Bonchev–Trinajstić information content (AvgIpc) is 2.03. The Hall–Kier alpha value is -1.02. The number of anilines is 1. The van der Waals surface area contributed by atoms with Crippen molar-refractivity contribution in [3.05, 3.63) is 29.3 Å². The van der Waals surface area contributed by atoms with Gasteiger partial charge in [0.1, 0.15) is 0 Å². The van der Waals surface area contributed by atoms with Crippen LogP contribution in [0, 0.1) is 13.8 Å². The predicted octanol–water partition coefficient (Wildman–Crippen LogP) is 2.06. The lowest BCUT2D eigenvalue weighted by Crippen LogP contribution is -2.08. The van der Waals surface area contributed by atoms with Gasteiger partial charge in [0.15, 0.2) is 0 Å². The van der Waals surface area contributed by atoms with E-state index in [9.17, 15) is 0 Å². The molecule has 2 heteroatoms. The van der Waals surface area contributed by atoms with Crippen molar-refractivity contribution in [2.24, 2.45) is 5.73 Å². The fraction of sp³-hybridized carbons (Fsp3) is 0.455. The van der Waals surface area contributed by atoms with Gasteiger partial charge in [0.2, 0.25) is 0 Å². The predicted molar refractivity (Wildman–Crippen MR) is 58.1 cm³/mol. The molecule has 0 bridgehead atoms. The molecule has 1 aromatic rings. The van der Waals surface area contributed by atoms with E-state index in [4.69, 9.17) is 5.73 Å². The quantitative estimate of drug-likeness (QED) is 0.693. The van der Waals surface area contributed by atoms with Crippen LogP contribution in [0.2, 0.25) is 0 Å². The maximum Gasteiger partial charge on any atom is 0.0345 e. The fourth-order valence-corrected chi connectivity index (χ4v) is 1.41. The molecule has 0 fully saturated rings. The third-order valence-corrected chi connectivity index (χ3v) is 1.93. The van der Waals surface area contributed by atoms with E-state index in [1.807, 2.05) is 0 Å². The van der Waals surface area contributed by atoms with Crippen LogP contribution in [-0.2, 0) is 0 Å². The van der Waals surface area contributed by atoms with Crippen LogP contribution in [0.25, 0.3) is 0 Å². The summed E-state index contributed by atoms with van der Waals surface area (Å²) in [4.78, 5) is 0. The van der Waals surface area contributed by atoms with Crippen LogP contribution in [-0.4, -0.2) is 13.1 Å². The second-order valence-electron chi connectivity index (χ2n) is 3.45. The lowest BCUT2D eigenvalue weighted by Gasteiger charge is -2.07. The van der Waals surface area contributed by atoms with E-state index in [-0.39, 0.29) is 0 Å². The largest absolute Gasteiger partial charge is 0.385 e. The SMILES string of the molecule is Cc1cc(C)cc(NCCCN)c1. The van der Waals surface area contributed by atoms with E-state index >= 15 is 0 Å². The standard InChI is InChI=1S/C11H18N2/c1-9-6-10(2)8-11(7-9)13-5-3-4-12/h6-8,13H,3-5,12H2,1-2H3. The third kappa shape index (κ3) is 3.47. The smallest absolute Gasteiger partial charge is 0.0345 e. The van der Waals surface area contributed by atoms with Gasteiger partial charge >= 0.3 is 0 Å². The summed E-state index contributed by atoms with van der Waals surface area (Å²) in [7, 11) is 0. The molecule has 0 aliphatic carbocycles. The Morgan fingerprint density at radius 2 is 1.77 bits per heavy atom. The number of rotatable bonds is 4. The van der Waals surface area contributed by atoms with Crippen molar-refractivity contribution >= 4 is 5.69 Å². The highest BCUT2D eigenvalue weighted by Gasteiger charge is 1.93. The summed E-state index contributed by atoms with van der Waals surface area (Å²) in [6, 6.07) is 6.49. The maximum atomic E-state index is 5.41. The van der Waals surface area contributed by atoms with Crippen molar-refractivity contribution in [1.82, 2.24) is 0 Å². The number of nitrogens with one attached hydrogen (secondary N) is 1. The van der Waals surface area contributed by atoms with Gasteiger partial charge in [-0.25, -0.2) is 0 Å². The first-order valence-electron chi connectivity index (χ1n) is 4.74. The van der Waals surface area contributed by atoms with Crippen molar-refractivity contribution in [2.75, 3.05) is 18.4 Å². The molecular weight excluding hydrogens is 160 g/mol. The van der Waals surface area contributed by atoms with Gasteiger partial charge in [0, 0.05) is 12.2 Å². The van der Waals surface area contributed by atoms with E-state index in [1.165, 1.54) is 16.8 Å². The van der Waals surface area contributed by atoms with Gasteiger partial charge in [-0.1, -0.05) is 6.07 Å². The van der Waals surface area contributed by atoms with Crippen molar-refractivity contribution < 1.29 is 0 Å². The van der Waals surface area contributed by atoms with E-state index in [2.05, 4.69) is 37.4 Å². The molecule has 1 rings (SSSR count). The summed E-state index contributed by atoms with van der Waals surface area (Å²) in [5, 5.41) is 3.35. The van der Waals surface area contributed by atoms with Crippen molar-refractivity contribution in [3.8, 4) is 0 Å². The van der Waals surface area contributed by atoms with Crippen LogP contribution in [0.1, 0.15) is 17.5 Å². The molecule has 0 amide bonds. The van der Waals surface area contributed by atoms with E-state index in [1.54, 1.807) is 0 Å². The number of hydrogen-bond donors (Lipinski definition) is 2. The highest BCUT2D eigenvalue weighted by molar-refractivity contribution is 5.48. The zero-order valence-corrected chi connectivity index (χ0v) is 8.43. The third-order valence-electron chi connectivity index (χ3n) is 1.93. The summed E-state index contributed by atoms with van der Waals surface area (Å²) < 4.78 is 0.